The van der Waals surface area contributed by atoms with Gasteiger partial charge in [0.1, 0.15) is 5.84 Å². The van der Waals surface area contributed by atoms with Crippen LogP contribution in [0, 0.1) is 0 Å². The number of aromatic nitrogens is 1. The number of nitrogens with zero attached hydrogens (tertiary/aromatic N) is 2. The maximum Gasteiger partial charge on any atom is 0.134 e. The highest BCUT2D eigenvalue weighted by Crippen LogP contribution is 2.46. The minimum absolute atomic E-state index is 0.0546. The Labute approximate surface area is 315 Å². The van der Waals surface area contributed by atoms with E-state index in [0.29, 0.717) is 0 Å². The van der Waals surface area contributed by atoms with Crippen LogP contribution in [0.25, 0.3) is 80.0 Å². The molecule has 2 aromatic heterocycles. The van der Waals surface area contributed by atoms with Crippen molar-refractivity contribution < 1.29 is 0 Å². The van der Waals surface area contributed by atoms with Crippen molar-refractivity contribution >= 4 is 97.2 Å². The van der Waals surface area contributed by atoms with Crippen LogP contribution in [0.3, 0.4) is 0 Å². The summed E-state index contributed by atoms with van der Waals surface area (Å²) in [7, 11) is 0. The molecular formula is C50H31N3S. The van der Waals surface area contributed by atoms with Crippen molar-refractivity contribution in [1.82, 2.24) is 9.88 Å². The zero-order valence-electron chi connectivity index (χ0n) is 29.1. The molecule has 9 aromatic carbocycles. The van der Waals surface area contributed by atoms with E-state index in [1.165, 1.54) is 85.4 Å². The predicted octanol–water partition coefficient (Wildman–Crippen LogP) is 13.4. The van der Waals surface area contributed by atoms with Crippen molar-refractivity contribution in [2.45, 2.75) is 6.04 Å². The molecule has 0 radical (unpaired) electrons. The highest BCUT2D eigenvalue weighted by Gasteiger charge is 2.28. The zero-order valence-corrected chi connectivity index (χ0v) is 29.9. The molecule has 0 aliphatic carbocycles. The van der Waals surface area contributed by atoms with E-state index in [-0.39, 0.29) is 6.04 Å². The average molecular weight is 706 g/mol. The van der Waals surface area contributed by atoms with Gasteiger partial charge in [0.05, 0.1) is 22.8 Å². The average Bonchev–Trinajstić information content (AvgIpc) is 3.78. The van der Waals surface area contributed by atoms with Crippen LogP contribution in [0.5, 0.6) is 0 Å². The Balaban J connectivity index is 1.04. The molecular weight excluding hydrogens is 675 g/mol. The molecule has 11 aromatic rings. The normalized spacial score (nSPS) is 14.4. The maximum atomic E-state index is 5.44. The molecule has 54 heavy (non-hydrogen) atoms. The van der Waals surface area contributed by atoms with E-state index in [2.05, 4.69) is 186 Å². The van der Waals surface area contributed by atoms with Crippen molar-refractivity contribution in [3.63, 3.8) is 0 Å². The van der Waals surface area contributed by atoms with Crippen LogP contribution in [0.4, 0.5) is 5.69 Å². The van der Waals surface area contributed by atoms with Crippen LogP contribution in [0.2, 0.25) is 0 Å². The SMILES string of the molecule is c1ccc(C2NC(c3ccc(-n4c5ccccc5c5cc6c(cc54)sc4ccc5ccccc5c46)cc3)=Nc3c2c2ccccc2c2ccccc32)cc1. The van der Waals surface area contributed by atoms with Crippen molar-refractivity contribution in [1.29, 1.82) is 0 Å². The lowest BCUT2D eigenvalue weighted by molar-refractivity contribution is 0.757. The molecule has 0 spiro atoms. The number of rotatable bonds is 3. The van der Waals surface area contributed by atoms with Gasteiger partial charge < -0.3 is 9.88 Å². The van der Waals surface area contributed by atoms with E-state index < -0.39 is 0 Å². The molecule has 0 saturated carbocycles. The molecule has 1 N–H and O–H groups in total. The number of nitrogens with one attached hydrogen (secondary N) is 1. The second-order valence-corrected chi connectivity index (χ2v) is 15.4. The van der Waals surface area contributed by atoms with E-state index in [1.54, 1.807) is 0 Å². The summed E-state index contributed by atoms with van der Waals surface area (Å²) >= 11 is 1.88. The molecule has 0 saturated heterocycles. The maximum absolute atomic E-state index is 5.44. The Morgan fingerprint density at radius 1 is 0.481 bits per heavy atom. The molecule has 3 heterocycles. The summed E-state index contributed by atoms with van der Waals surface area (Å²) in [5, 5.41) is 16.6. The summed E-state index contributed by atoms with van der Waals surface area (Å²) in [5.41, 5.74) is 8.09. The lowest BCUT2D eigenvalue weighted by Gasteiger charge is -2.30. The largest absolute Gasteiger partial charge is 0.359 e. The van der Waals surface area contributed by atoms with Gasteiger partial charge in [0.2, 0.25) is 0 Å². The molecule has 3 nitrogen and oxygen atoms in total. The Morgan fingerprint density at radius 3 is 1.96 bits per heavy atom. The highest BCUT2D eigenvalue weighted by atomic mass is 32.1. The molecule has 1 aliphatic rings. The number of amidine groups is 1. The van der Waals surface area contributed by atoms with Gasteiger partial charge in [-0.1, -0.05) is 127 Å². The van der Waals surface area contributed by atoms with E-state index in [9.17, 15) is 0 Å². The third-order valence-corrected chi connectivity index (χ3v) is 12.5. The zero-order chi connectivity index (χ0) is 35.3. The minimum atomic E-state index is -0.0546. The van der Waals surface area contributed by atoms with Crippen molar-refractivity contribution in [2.24, 2.45) is 4.99 Å². The molecule has 1 unspecified atom stereocenters. The quantitative estimate of drug-likeness (QED) is 0.182. The summed E-state index contributed by atoms with van der Waals surface area (Å²) in [6.07, 6.45) is 0. The number of benzene rings is 9. The second-order valence-electron chi connectivity index (χ2n) is 14.3. The van der Waals surface area contributed by atoms with Gasteiger partial charge in [0.25, 0.3) is 0 Å². The molecule has 4 heteroatoms. The first-order chi connectivity index (χ1) is 26.8. The van der Waals surface area contributed by atoms with Gasteiger partial charge in [-0.15, -0.1) is 11.3 Å². The van der Waals surface area contributed by atoms with E-state index in [4.69, 9.17) is 4.99 Å². The summed E-state index contributed by atoms with van der Waals surface area (Å²) < 4.78 is 5.06. The van der Waals surface area contributed by atoms with Gasteiger partial charge in [-0.2, -0.15) is 0 Å². The first-order valence-corrected chi connectivity index (χ1v) is 19.3. The van der Waals surface area contributed by atoms with Crippen molar-refractivity contribution in [3.8, 4) is 5.69 Å². The molecule has 0 bridgehead atoms. The lowest BCUT2D eigenvalue weighted by Crippen LogP contribution is -2.33. The smallest absolute Gasteiger partial charge is 0.134 e. The van der Waals surface area contributed by atoms with Crippen LogP contribution < -0.4 is 5.32 Å². The second kappa shape index (κ2) is 11.4. The van der Waals surface area contributed by atoms with Gasteiger partial charge in [0, 0.05) is 53.1 Å². The van der Waals surface area contributed by atoms with Crippen LogP contribution in [-0.2, 0) is 0 Å². The fourth-order valence-corrected chi connectivity index (χ4v) is 10.2. The Bertz CT molecular complexity index is 3350. The number of para-hydroxylation sites is 1. The fourth-order valence-electron chi connectivity index (χ4n) is 9.01. The highest BCUT2D eigenvalue weighted by molar-refractivity contribution is 7.26. The first kappa shape index (κ1) is 29.8. The third kappa shape index (κ3) is 4.26. The number of hydrogen-bond acceptors (Lipinski definition) is 3. The molecule has 12 rings (SSSR count). The minimum Gasteiger partial charge on any atom is -0.359 e. The number of aliphatic imine (C=N–C) groups is 1. The van der Waals surface area contributed by atoms with Crippen LogP contribution >= 0.6 is 11.3 Å². The van der Waals surface area contributed by atoms with Gasteiger partial charge in [0.15, 0.2) is 0 Å². The van der Waals surface area contributed by atoms with Gasteiger partial charge in [-0.3, -0.25) is 0 Å². The Kier molecular flexibility index (Phi) is 6.27. The molecule has 1 aliphatic heterocycles. The fraction of sp³-hybridized carbons (Fsp3) is 0.0200. The predicted molar refractivity (Wildman–Crippen MR) is 230 cm³/mol. The number of thiophene rings is 1. The van der Waals surface area contributed by atoms with Crippen molar-refractivity contribution in [3.05, 3.63) is 193 Å². The molecule has 1 atom stereocenters. The summed E-state index contributed by atoms with van der Waals surface area (Å²) in [4.78, 5) is 5.44. The van der Waals surface area contributed by atoms with Gasteiger partial charge >= 0.3 is 0 Å². The van der Waals surface area contributed by atoms with E-state index in [1.807, 2.05) is 11.3 Å². The first-order valence-electron chi connectivity index (χ1n) is 18.5. The Morgan fingerprint density at radius 2 is 1.15 bits per heavy atom. The molecule has 0 fully saturated rings. The summed E-state index contributed by atoms with van der Waals surface area (Å²) in [5.74, 6) is 0.879. The topological polar surface area (TPSA) is 29.3 Å². The number of hydrogen-bond donors (Lipinski definition) is 1. The third-order valence-electron chi connectivity index (χ3n) is 11.4. The van der Waals surface area contributed by atoms with Crippen LogP contribution in [-0.4, -0.2) is 10.4 Å². The van der Waals surface area contributed by atoms with Gasteiger partial charge in [-0.05, 0) is 81.0 Å². The van der Waals surface area contributed by atoms with E-state index >= 15 is 0 Å². The summed E-state index contributed by atoms with van der Waals surface area (Å²) in [6.45, 7) is 0. The number of fused-ring (bicyclic) bond motifs is 14. The van der Waals surface area contributed by atoms with E-state index in [0.717, 1.165) is 22.8 Å². The van der Waals surface area contributed by atoms with Gasteiger partial charge in [-0.25, -0.2) is 4.99 Å². The molecule has 0 amide bonds. The standard InChI is InChI=1S/C50H31N3S/c1-2-13-31(14-3-1)48-47-38-19-8-6-16-35(38)36-17-7-9-20-39(36)49(47)52-50(51-48)32-22-25-33(26-23-32)53-42-21-11-10-18-37(42)40-28-41-45(29-43(40)53)54-44-27-24-30-12-4-5-15-34(30)46(41)44/h1-29,48H,(H,51,52). The molecule has 252 valence electrons. The van der Waals surface area contributed by atoms with Crippen LogP contribution in [0.1, 0.15) is 22.7 Å². The lowest BCUT2D eigenvalue weighted by atomic mass is 9.87. The summed E-state index contributed by atoms with van der Waals surface area (Å²) in [6, 6.07) is 64.0. The van der Waals surface area contributed by atoms with Crippen molar-refractivity contribution in [2.75, 3.05) is 0 Å². The Hall–Kier alpha value is -6.75. The monoisotopic (exact) mass is 705 g/mol. The van der Waals surface area contributed by atoms with Crippen LogP contribution in [0.15, 0.2) is 181 Å².